The first-order valence-corrected chi connectivity index (χ1v) is 8.10. The van der Waals surface area contributed by atoms with Gasteiger partial charge in [0.25, 0.3) is 0 Å². The van der Waals surface area contributed by atoms with Crippen molar-refractivity contribution in [2.45, 2.75) is 45.8 Å². The Hall–Kier alpha value is -0.900. The SMILES string of the molecule is CNC(CN1CC(C)N(C)C(C)C1)c1cc(C)cc(C)c1. The summed E-state index contributed by atoms with van der Waals surface area (Å²) in [6.07, 6.45) is 0. The minimum absolute atomic E-state index is 0.409. The van der Waals surface area contributed by atoms with Crippen LogP contribution in [-0.4, -0.2) is 55.6 Å². The number of benzene rings is 1. The summed E-state index contributed by atoms with van der Waals surface area (Å²) in [5.74, 6) is 0. The van der Waals surface area contributed by atoms with Crippen LogP contribution in [0.15, 0.2) is 18.2 Å². The van der Waals surface area contributed by atoms with Crippen molar-refractivity contribution in [3.05, 3.63) is 34.9 Å². The molecule has 0 saturated carbocycles. The van der Waals surface area contributed by atoms with Crippen LogP contribution in [0, 0.1) is 13.8 Å². The Bertz CT molecular complexity index is 439. The molecule has 1 aliphatic rings. The Kier molecular flexibility index (Phi) is 5.42. The van der Waals surface area contributed by atoms with Crippen molar-refractivity contribution in [1.82, 2.24) is 15.1 Å². The van der Waals surface area contributed by atoms with Gasteiger partial charge < -0.3 is 5.32 Å². The average Bonchev–Trinajstić information content (AvgIpc) is 2.40. The van der Waals surface area contributed by atoms with Crippen LogP contribution >= 0.6 is 0 Å². The van der Waals surface area contributed by atoms with E-state index in [0.29, 0.717) is 18.1 Å². The Morgan fingerprint density at radius 1 is 1.10 bits per heavy atom. The van der Waals surface area contributed by atoms with Crippen molar-refractivity contribution >= 4 is 0 Å². The zero-order chi connectivity index (χ0) is 15.6. The van der Waals surface area contributed by atoms with Gasteiger partial charge in [-0.3, -0.25) is 9.80 Å². The molecule has 0 bridgehead atoms. The smallest absolute Gasteiger partial charge is 0.0447 e. The molecule has 118 valence electrons. The second-order valence-electron chi connectivity index (χ2n) is 6.84. The minimum atomic E-state index is 0.409. The van der Waals surface area contributed by atoms with Gasteiger partial charge in [-0.05, 0) is 47.4 Å². The first kappa shape index (κ1) is 16.5. The molecule has 3 heteroatoms. The molecule has 0 aromatic heterocycles. The predicted molar refractivity (Wildman–Crippen MR) is 90.8 cm³/mol. The zero-order valence-corrected chi connectivity index (χ0v) is 14.5. The second kappa shape index (κ2) is 6.91. The summed E-state index contributed by atoms with van der Waals surface area (Å²) in [6, 6.07) is 8.55. The molecular formula is C18H31N3. The highest BCUT2D eigenvalue weighted by Gasteiger charge is 2.27. The minimum Gasteiger partial charge on any atom is -0.312 e. The number of piperazine rings is 1. The summed E-state index contributed by atoms with van der Waals surface area (Å²) in [7, 11) is 4.32. The normalized spacial score (nSPS) is 26.0. The topological polar surface area (TPSA) is 18.5 Å². The van der Waals surface area contributed by atoms with Gasteiger partial charge in [0.05, 0.1) is 0 Å². The van der Waals surface area contributed by atoms with Crippen molar-refractivity contribution in [2.75, 3.05) is 33.7 Å². The van der Waals surface area contributed by atoms with Gasteiger partial charge in [-0.15, -0.1) is 0 Å². The van der Waals surface area contributed by atoms with E-state index in [2.05, 4.69) is 75.1 Å². The molecular weight excluding hydrogens is 258 g/mol. The Labute approximate surface area is 130 Å². The first-order chi connectivity index (χ1) is 9.90. The zero-order valence-electron chi connectivity index (χ0n) is 14.5. The third-order valence-corrected chi connectivity index (χ3v) is 4.87. The number of hydrogen-bond acceptors (Lipinski definition) is 3. The molecule has 3 atom stereocenters. The van der Waals surface area contributed by atoms with E-state index in [1.54, 1.807) is 0 Å². The van der Waals surface area contributed by atoms with E-state index >= 15 is 0 Å². The lowest BCUT2D eigenvalue weighted by atomic mass is 10.00. The van der Waals surface area contributed by atoms with E-state index in [0.717, 1.165) is 19.6 Å². The third kappa shape index (κ3) is 4.06. The van der Waals surface area contributed by atoms with Crippen LogP contribution < -0.4 is 5.32 Å². The fourth-order valence-electron chi connectivity index (χ4n) is 3.50. The van der Waals surface area contributed by atoms with Gasteiger partial charge in [-0.2, -0.15) is 0 Å². The first-order valence-electron chi connectivity index (χ1n) is 8.10. The summed E-state index contributed by atoms with van der Waals surface area (Å²) in [5.41, 5.74) is 4.12. The Morgan fingerprint density at radius 3 is 2.10 bits per heavy atom. The maximum absolute atomic E-state index is 3.51. The Morgan fingerprint density at radius 2 is 1.62 bits per heavy atom. The summed E-state index contributed by atoms with van der Waals surface area (Å²) >= 11 is 0. The molecule has 0 amide bonds. The van der Waals surface area contributed by atoms with Gasteiger partial charge in [-0.25, -0.2) is 0 Å². The summed E-state index contributed by atoms with van der Waals surface area (Å²) < 4.78 is 0. The van der Waals surface area contributed by atoms with Crippen LogP contribution in [-0.2, 0) is 0 Å². The number of likely N-dealkylation sites (N-methyl/N-ethyl adjacent to an activating group) is 2. The van der Waals surface area contributed by atoms with Gasteiger partial charge in [0.15, 0.2) is 0 Å². The molecule has 1 saturated heterocycles. The van der Waals surface area contributed by atoms with Crippen LogP contribution in [0.2, 0.25) is 0 Å². The molecule has 3 nitrogen and oxygen atoms in total. The monoisotopic (exact) mass is 289 g/mol. The van der Waals surface area contributed by atoms with Crippen molar-refractivity contribution < 1.29 is 0 Å². The number of aryl methyl sites for hydroxylation is 2. The van der Waals surface area contributed by atoms with Crippen molar-refractivity contribution in [3.63, 3.8) is 0 Å². The molecule has 2 rings (SSSR count). The van der Waals surface area contributed by atoms with Crippen LogP contribution in [0.1, 0.15) is 36.6 Å². The van der Waals surface area contributed by atoms with E-state index < -0.39 is 0 Å². The number of rotatable bonds is 4. The van der Waals surface area contributed by atoms with Crippen LogP contribution in [0.3, 0.4) is 0 Å². The van der Waals surface area contributed by atoms with Gasteiger partial charge in [0.1, 0.15) is 0 Å². The molecule has 0 aliphatic carbocycles. The van der Waals surface area contributed by atoms with Gasteiger partial charge in [0, 0.05) is 37.8 Å². The lowest BCUT2D eigenvalue weighted by molar-refractivity contribution is 0.0547. The number of nitrogens with one attached hydrogen (secondary N) is 1. The van der Waals surface area contributed by atoms with Crippen molar-refractivity contribution in [1.29, 1.82) is 0 Å². The molecule has 1 aromatic rings. The summed E-state index contributed by atoms with van der Waals surface area (Å²) in [6.45, 7) is 12.4. The standard InChI is InChI=1S/C18H31N3/c1-13-7-14(2)9-17(8-13)18(19-5)12-21-10-15(3)20(6)16(4)11-21/h7-9,15-16,18-19H,10-12H2,1-6H3. The third-order valence-electron chi connectivity index (χ3n) is 4.87. The molecule has 1 aliphatic heterocycles. The summed E-state index contributed by atoms with van der Waals surface area (Å²) in [5, 5.41) is 3.51. The number of nitrogens with zero attached hydrogens (tertiary/aromatic N) is 2. The molecule has 3 unspecified atom stereocenters. The van der Waals surface area contributed by atoms with Crippen LogP contribution in [0.5, 0.6) is 0 Å². The molecule has 1 aromatic carbocycles. The van der Waals surface area contributed by atoms with E-state index in [1.807, 2.05) is 0 Å². The van der Waals surface area contributed by atoms with Gasteiger partial charge >= 0.3 is 0 Å². The van der Waals surface area contributed by atoms with E-state index in [1.165, 1.54) is 16.7 Å². The Balaban J connectivity index is 2.08. The van der Waals surface area contributed by atoms with Crippen molar-refractivity contribution in [3.8, 4) is 0 Å². The molecule has 0 spiro atoms. The highest BCUT2D eigenvalue weighted by Crippen LogP contribution is 2.21. The number of hydrogen-bond donors (Lipinski definition) is 1. The fourth-order valence-corrected chi connectivity index (χ4v) is 3.50. The molecule has 0 radical (unpaired) electrons. The molecule has 1 fully saturated rings. The summed E-state index contributed by atoms with van der Waals surface area (Å²) in [4.78, 5) is 5.09. The lowest BCUT2D eigenvalue weighted by Crippen LogP contribution is -2.56. The predicted octanol–water partition coefficient (Wildman–Crippen LogP) is 2.59. The molecule has 21 heavy (non-hydrogen) atoms. The quantitative estimate of drug-likeness (QED) is 0.919. The average molecular weight is 289 g/mol. The maximum atomic E-state index is 3.51. The maximum Gasteiger partial charge on any atom is 0.0447 e. The van der Waals surface area contributed by atoms with E-state index in [4.69, 9.17) is 0 Å². The van der Waals surface area contributed by atoms with Crippen LogP contribution in [0.4, 0.5) is 0 Å². The van der Waals surface area contributed by atoms with Gasteiger partial charge in [-0.1, -0.05) is 29.3 Å². The molecule has 1 heterocycles. The van der Waals surface area contributed by atoms with Gasteiger partial charge in [0.2, 0.25) is 0 Å². The second-order valence-corrected chi connectivity index (χ2v) is 6.84. The lowest BCUT2D eigenvalue weighted by Gasteiger charge is -2.43. The fraction of sp³-hybridized carbons (Fsp3) is 0.667. The highest BCUT2D eigenvalue weighted by atomic mass is 15.3. The highest BCUT2D eigenvalue weighted by molar-refractivity contribution is 5.30. The van der Waals surface area contributed by atoms with E-state index in [-0.39, 0.29) is 0 Å². The largest absolute Gasteiger partial charge is 0.312 e. The van der Waals surface area contributed by atoms with Crippen LogP contribution in [0.25, 0.3) is 0 Å². The van der Waals surface area contributed by atoms with E-state index in [9.17, 15) is 0 Å². The van der Waals surface area contributed by atoms with Crippen molar-refractivity contribution in [2.24, 2.45) is 0 Å². The molecule has 1 N–H and O–H groups in total.